The van der Waals surface area contributed by atoms with Gasteiger partial charge in [0, 0.05) is 19.5 Å². The molecule has 0 radical (unpaired) electrons. The Balaban J connectivity index is 2.45. The van der Waals surface area contributed by atoms with E-state index in [9.17, 15) is 4.79 Å². The first-order valence-corrected chi connectivity index (χ1v) is 5.06. The molecular weight excluding hydrogens is 166 g/mol. The van der Waals surface area contributed by atoms with Crippen LogP contribution >= 0.6 is 0 Å². The Labute approximate surface area is 80.1 Å². The van der Waals surface area contributed by atoms with Crippen molar-refractivity contribution in [3.05, 3.63) is 0 Å². The molecule has 1 aliphatic heterocycles. The highest BCUT2D eigenvalue weighted by atomic mass is 16.5. The Hall–Kier alpha value is -0.570. The molecule has 13 heavy (non-hydrogen) atoms. The van der Waals surface area contributed by atoms with Crippen LogP contribution < -0.4 is 0 Å². The molecule has 0 unspecified atom stereocenters. The standard InChI is InChI=1S/C10H19NO2/c1-4-5-10(12)11-6-8(2)13-9(3)7-11/h8-9H,4-7H2,1-3H3/t8-,9-/m1/s1. The van der Waals surface area contributed by atoms with E-state index >= 15 is 0 Å². The van der Waals surface area contributed by atoms with Crippen LogP contribution in [0.25, 0.3) is 0 Å². The predicted molar refractivity (Wildman–Crippen MR) is 51.5 cm³/mol. The van der Waals surface area contributed by atoms with Crippen molar-refractivity contribution in [2.24, 2.45) is 0 Å². The van der Waals surface area contributed by atoms with Crippen molar-refractivity contribution in [2.45, 2.75) is 45.8 Å². The van der Waals surface area contributed by atoms with E-state index in [2.05, 4.69) is 0 Å². The van der Waals surface area contributed by atoms with Crippen LogP contribution in [0.2, 0.25) is 0 Å². The molecule has 0 aromatic carbocycles. The number of hydrogen-bond acceptors (Lipinski definition) is 2. The van der Waals surface area contributed by atoms with Crippen LogP contribution in [-0.4, -0.2) is 36.1 Å². The molecule has 1 heterocycles. The fraction of sp³-hybridized carbons (Fsp3) is 0.900. The minimum absolute atomic E-state index is 0.185. The van der Waals surface area contributed by atoms with Crippen LogP contribution in [0, 0.1) is 0 Å². The normalized spacial score (nSPS) is 29.0. The van der Waals surface area contributed by atoms with Crippen molar-refractivity contribution in [3.8, 4) is 0 Å². The molecule has 0 saturated carbocycles. The topological polar surface area (TPSA) is 29.5 Å². The molecule has 3 nitrogen and oxygen atoms in total. The number of hydrogen-bond donors (Lipinski definition) is 0. The first-order valence-electron chi connectivity index (χ1n) is 5.06. The number of rotatable bonds is 2. The summed E-state index contributed by atoms with van der Waals surface area (Å²) in [5.41, 5.74) is 0. The summed E-state index contributed by atoms with van der Waals surface area (Å²) in [4.78, 5) is 13.5. The van der Waals surface area contributed by atoms with Crippen LogP contribution in [0.15, 0.2) is 0 Å². The second-order valence-electron chi connectivity index (χ2n) is 3.81. The van der Waals surface area contributed by atoms with E-state index in [0.717, 1.165) is 19.5 Å². The molecule has 0 N–H and O–H groups in total. The van der Waals surface area contributed by atoms with E-state index in [-0.39, 0.29) is 18.1 Å². The highest BCUT2D eigenvalue weighted by molar-refractivity contribution is 5.76. The van der Waals surface area contributed by atoms with Gasteiger partial charge in [0.1, 0.15) is 0 Å². The molecule has 0 spiro atoms. The number of amides is 1. The third-order valence-electron chi connectivity index (χ3n) is 2.24. The third kappa shape index (κ3) is 2.99. The van der Waals surface area contributed by atoms with Crippen molar-refractivity contribution < 1.29 is 9.53 Å². The summed E-state index contributed by atoms with van der Waals surface area (Å²) in [6, 6.07) is 0. The van der Waals surface area contributed by atoms with Gasteiger partial charge in [0.2, 0.25) is 5.91 Å². The lowest BCUT2D eigenvalue weighted by molar-refractivity contribution is -0.143. The second kappa shape index (κ2) is 4.61. The number of carbonyl (C=O) groups excluding carboxylic acids is 1. The smallest absolute Gasteiger partial charge is 0.222 e. The zero-order valence-corrected chi connectivity index (χ0v) is 8.75. The van der Waals surface area contributed by atoms with Gasteiger partial charge in [-0.3, -0.25) is 4.79 Å². The van der Waals surface area contributed by atoms with E-state index in [1.54, 1.807) is 0 Å². The Morgan fingerprint density at radius 2 is 1.92 bits per heavy atom. The van der Waals surface area contributed by atoms with Crippen LogP contribution in [0.1, 0.15) is 33.6 Å². The maximum absolute atomic E-state index is 11.6. The van der Waals surface area contributed by atoms with E-state index in [0.29, 0.717) is 6.42 Å². The lowest BCUT2D eigenvalue weighted by atomic mass is 10.2. The fourth-order valence-corrected chi connectivity index (χ4v) is 1.75. The highest BCUT2D eigenvalue weighted by Crippen LogP contribution is 2.11. The Kier molecular flexibility index (Phi) is 3.72. The van der Waals surface area contributed by atoms with Crippen molar-refractivity contribution in [2.75, 3.05) is 13.1 Å². The lowest BCUT2D eigenvalue weighted by Crippen LogP contribution is -2.48. The second-order valence-corrected chi connectivity index (χ2v) is 3.81. The summed E-state index contributed by atoms with van der Waals surface area (Å²) in [5.74, 6) is 0.268. The van der Waals surface area contributed by atoms with Crippen LogP contribution in [-0.2, 0) is 9.53 Å². The number of carbonyl (C=O) groups is 1. The molecule has 0 aromatic rings. The van der Waals surface area contributed by atoms with Gasteiger partial charge in [-0.2, -0.15) is 0 Å². The third-order valence-corrected chi connectivity index (χ3v) is 2.24. The Morgan fingerprint density at radius 1 is 1.38 bits per heavy atom. The van der Waals surface area contributed by atoms with Gasteiger partial charge in [-0.25, -0.2) is 0 Å². The van der Waals surface area contributed by atoms with E-state index in [1.807, 2.05) is 25.7 Å². The molecule has 1 aliphatic rings. The van der Waals surface area contributed by atoms with Gasteiger partial charge >= 0.3 is 0 Å². The van der Waals surface area contributed by atoms with Crippen molar-refractivity contribution in [3.63, 3.8) is 0 Å². The highest BCUT2D eigenvalue weighted by Gasteiger charge is 2.24. The van der Waals surface area contributed by atoms with Gasteiger partial charge in [-0.1, -0.05) is 6.92 Å². The molecule has 1 rings (SSSR count). The van der Waals surface area contributed by atoms with Gasteiger partial charge in [0.05, 0.1) is 12.2 Å². The molecule has 2 atom stereocenters. The predicted octanol–water partition coefficient (Wildman–Crippen LogP) is 1.42. The fourth-order valence-electron chi connectivity index (χ4n) is 1.75. The first kappa shape index (κ1) is 10.5. The van der Waals surface area contributed by atoms with E-state index in [4.69, 9.17) is 4.74 Å². The van der Waals surface area contributed by atoms with Gasteiger partial charge in [-0.05, 0) is 20.3 Å². The number of nitrogens with zero attached hydrogens (tertiary/aromatic N) is 1. The molecule has 3 heteroatoms. The van der Waals surface area contributed by atoms with Crippen molar-refractivity contribution in [1.82, 2.24) is 4.90 Å². The van der Waals surface area contributed by atoms with Crippen molar-refractivity contribution >= 4 is 5.91 Å². The minimum Gasteiger partial charge on any atom is -0.372 e. The summed E-state index contributed by atoms with van der Waals surface area (Å²) in [6.07, 6.45) is 1.97. The van der Waals surface area contributed by atoms with E-state index < -0.39 is 0 Å². The average molecular weight is 185 g/mol. The summed E-state index contributed by atoms with van der Waals surface area (Å²) in [6.45, 7) is 7.57. The van der Waals surface area contributed by atoms with Crippen LogP contribution in [0.3, 0.4) is 0 Å². The molecule has 0 aliphatic carbocycles. The monoisotopic (exact) mass is 185 g/mol. The molecule has 1 fully saturated rings. The maximum Gasteiger partial charge on any atom is 0.222 e. The quantitative estimate of drug-likeness (QED) is 0.651. The largest absolute Gasteiger partial charge is 0.372 e. The minimum atomic E-state index is 0.185. The number of ether oxygens (including phenoxy) is 1. The molecule has 1 amide bonds. The molecule has 1 saturated heterocycles. The van der Waals surface area contributed by atoms with Crippen LogP contribution in [0.5, 0.6) is 0 Å². The Morgan fingerprint density at radius 3 is 2.38 bits per heavy atom. The van der Waals surface area contributed by atoms with Gasteiger partial charge in [-0.15, -0.1) is 0 Å². The van der Waals surface area contributed by atoms with Gasteiger partial charge < -0.3 is 9.64 Å². The SMILES string of the molecule is CCCC(=O)N1C[C@@H](C)O[C@H](C)C1. The summed E-state index contributed by atoms with van der Waals surface area (Å²) >= 11 is 0. The first-order chi connectivity index (χ1) is 6.13. The summed E-state index contributed by atoms with van der Waals surface area (Å²) < 4.78 is 5.55. The molecule has 0 bridgehead atoms. The molecule has 76 valence electrons. The van der Waals surface area contributed by atoms with Crippen LogP contribution in [0.4, 0.5) is 0 Å². The zero-order chi connectivity index (χ0) is 9.84. The number of morpholine rings is 1. The van der Waals surface area contributed by atoms with E-state index in [1.165, 1.54) is 0 Å². The van der Waals surface area contributed by atoms with Gasteiger partial charge in [0.25, 0.3) is 0 Å². The van der Waals surface area contributed by atoms with Crippen molar-refractivity contribution in [1.29, 1.82) is 0 Å². The zero-order valence-electron chi connectivity index (χ0n) is 8.75. The summed E-state index contributed by atoms with van der Waals surface area (Å²) in [7, 11) is 0. The summed E-state index contributed by atoms with van der Waals surface area (Å²) in [5, 5.41) is 0. The average Bonchev–Trinajstić information content (AvgIpc) is 2.03. The van der Waals surface area contributed by atoms with Gasteiger partial charge in [0.15, 0.2) is 0 Å². The molecule has 0 aromatic heterocycles. The Bertz CT molecular complexity index is 172. The maximum atomic E-state index is 11.6. The molecular formula is C10H19NO2. The lowest BCUT2D eigenvalue weighted by Gasteiger charge is -2.35.